The number of hydrogen-bond acceptors (Lipinski definition) is 4. The number of unbranched alkanes of at least 4 members (excludes halogenated alkanes) is 1. The number of nitrogens with two attached hydrogens (primary N) is 1. The first-order chi connectivity index (χ1) is 9.31. The second-order valence-corrected chi connectivity index (χ2v) is 4.97. The van der Waals surface area contributed by atoms with Crippen LogP contribution < -0.4 is 5.73 Å². The summed E-state index contributed by atoms with van der Waals surface area (Å²) in [7, 11) is 0. The summed E-state index contributed by atoms with van der Waals surface area (Å²) in [6.07, 6.45) is 6.51. The minimum atomic E-state index is 0.0811. The molecule has 0 unspecified atom stereocenters. The largest absolute Gasteiger partial charge is 0.337 e. The molecule has 2 rings (SSSR count). The fourth-order valence-corrected chi connectivity index (χ4v) is 2.43. The number of rotatable bonds is 5. The molecular formula is C13H23N5O. The number of H-pyrrole nitrogens is 1. The Labute approximate surface area is 113 Å². The first-order valence-corrected chi connectivity index (χ1v) is 7.01. The van der Waals surface area contributed by atoms with Crippen LogP contribution in [0.25, 0.3) is 0 Å². The molecule has 0 radical (unpaired) electrons. The quantitative estimate of drug-likeness (QED) is 0.750. The lowest BCUT2D eigenvalue weighted by molar-refractivity contribution is 0.0761. The molecule has 1 saturated heterocycles. The first kappa shape index (κ1) is 14.0. The first-order valence-electron chi connectivity index (χ1n) is 7.01. The van der Waals surface area contributed by atoms with Gasteiger partial charge in [-0.3, -0.25) is 9.89 Å². The van der Waals surface area contributed by atoms with Crippen LogP contribution in [0.15, 0.2) is 12.4 Å². The Kier molecular flexibility index (Phi) is 5.35. The van der Waals surface area contributed by atoms with Crippen molar-refractivity contribution in [1.82, 2.24) is 20.0 Å². The molecule has 1 aliphatic rings. The van der Waals surface area contributed by atoms with Crippen molar-refractivity contribution in [3.63, 3.8) is 0 Å². The lowest BCUT2D eigenvalue weighted by Crippen LogP contribution is -2.35. The molecular weight excluding hydrogens is 242 g/mol. The van der Waals surface area contributed by atoms with Crippen molar-refractivity contribution in [2.45, 2.75) is 19.3 Å². The maximum absolute atomic E-state index is 12.2. The van der Waals surface area contributed by atoms with E-state index in [0.717, 1.165) is 58.5 Å². The van der Waals surface area contributed by atoms with Gasteiger partial charge in [0.25, 0.3) is 5.91 Å². The molecule has 1 amide bonds. The Morgan fingerprint density at radius 2 is 2.21 bits per heavy atom. The average molecular weight is 265 g/mol. The standard InChI is InChI=1S/C13H23N5O/c14-4-1-2-5-17-6-3-7-18(9-8-17)13(19)12-10-15-16-11-12/h10-11H,1-9,14H2,(H,15,16). The lowest BCUT2D eigenvalue weighted by Gasteiger charge is -2.21. The Bertz CT molecular complexity index is 378. The number of aromatic nitrogens is 2. The smallest absolute Gasteiger partial charge is 0.257 e. The number of carbonyl (C=O) groups is 1. The summed E-state index contributed by atoms with van der Waals surface area (Å²) < 4.78 is 0. The highest BCUT2D eigenvalue weighted by Crippen LogP contribution is 2.08. The second kappa shape index (κ2) is 7.25. The average Bonchev–Trinajstić information content (AvgIpc) is 2.85. The Morgan fingerprint density at radius 3 is 2.95 bits per heavy atom. The summed E-state index contributed by atoms with van der Waals surface area (Å²) >= 11 is 0. The molecule has 0 bridgehead atoms. The van der Waals surface area contributed by atoms with Gasteiger partial charge in [0.2, 0.25) is 0 Å². The molecule has 6 nitrogen and oxygen atoms in total. The molecule has 0 saturated carbocycles. The minimum Gasteiger partial charge on any atom is -0.337 e. The van der Waals surface area contributed by atoms with E-state index in [1.807, 2.05) is 4.90 Å². The Morgan fingerprint density at radius 1 is 1.32 bits per heavy atom. The fraction of sp³-hybridized carbons (Fsp3) is 0.692. The molecule has 1 aromatic heterocycles. The summed E-state index contributed by atoms with van der Waals surface area (Å²) in [5, 5.41) is 6.52. The van der Waals surface area contributed by atoms with Crippen molar-refractivity contribution >= 4 is 5.91 Å². The van der Waals surface area contributed by atoms with Crippen LogP contribution in [-0.2, 0) is 0 Å². The molecule has 0 aromatic carbocycles. The second-order valence-electron chi connectivity index (χ2n) is 4.97. The van der Waals surface area contributed by atoms with E-state index >= 15 is 0 Å². The zero-order chi connectivity index (χ0) is 13.5. The van der Waals surface area contributed by atoms with Crippen LogP contribution in [0.2, 0.25) is 0 Å². The molecule has 1 aliphatic heterocycles. The third-order valence-electron chi connectivity index (χ3n) is 3.55. The van der Waals surface area contributed by atoms with Gasteiger partial charge in [-0.25, -0.2) is 0 Å². The molecule has 1 fully saturated rings. The van der Waals surface area contributed by atoms with Crippen molar-refractivity contribution in [1.29, 1.82) is 0 Å². The number of amides is 1. The van der Waals surface area contributed by atoms with E-state index in [1.54, 1.807) is 12.4 Å². The molecule has 2 heterocycles. The highest BCUT2D eigenvalue weighted by molar-refractivity contribution is 5.93. The highest BCUT2D eigenvalue weighted by Gasteiger charge is 2.20. The van der Waals surface area contributed by atoms with Crippen LogP contribution >= 0.6 is 0 Å². The normalized spacial score (nSPS) is 17.4. The number of carbonyl (C=O) groups excluding carboxylic acids is 1. The fourth-order valence-electron chi connectivity index (χ4n) is 2.43. The molecule has 0 aliphatic carbocycles. The zero-order valence-corrected chi connectivity index (χ0v) is 11.3. The van der Waals surface area contributed by atoms with Crippen molar-refractivity contribution in [3.8, 4) is 0 Å². The summed E-state index contributed by atoms with van der Waals surface area (Å²) in [6, 6.07) is 0. The van der Waals surface area contributed by atoms with Gasteiger partial charge in [-0.05, 0) is 38.9 Å². The molecule has 19 heavy (non-hydrogen) atoms. The van der Waals surface area contributed by atoms with Crippen molar-refractivity contribution in [2.24, 2.45) is 5.73 Å². The summed E-state index contributed by atoms with van der Waals surface area (Å²) in [5.74, 6) is 0.0811. The van der Waals surface area contributed by atoms with Gasteiger partial charge in [-0.15, -0.1) is 0 Å². The van der Waals surface area contributed by atoms with Crippen LogP contribution in [0.3, 0.4) is 0 Å². The van der Waals surface area contributed by atoms with Gasteiger partial charge < -0.3 is 15.5 Å². The summed E-state index contributed by atoms with van der Waals surface area (Å²) in [4.78, 5) is 16.6. The highest BCUT2D eigenvalue weighted by atomic mass is 16.2. The maximum Gasteiger partial charge on any atom is 0.257 e. The van der Waals surface area contributed by atoms with Gasteiger partial charge in [0, 0.05) is 25.8 Å². The molecule has 106 valence electrons. The third kappa shape index (κ3) is 4.04. The van der Waals surface area contributed by atoms with Crippen LogP contribution in [-0.4, -0.2) is 65.2 Å². The third-order valence-corrected chi connectivity index (χ3v) is 3.55. The van der Waals surface area contributed by atoms with Gasteiger partial charge in [0.15, 0.2) is 0 Å². The van der Waals surface area contributed by atoms with Gasteiger partial charge in [0.05, 0.1) is 11.8 Å². The molecule has 0 atom stereocenters. The lowest BCUT2D eigenvalue weighted by atomic mass is 10.3. The Balaban J connectivity index is 1.81. The van der Waals surface area contributed by atoms with Gasteiger partial charge in [0.1, 0.15) is 0 Å². The maximum atomic E-state index is 12.2. The van der Waals surface area contributed by atoms with Crippen LogP contribution in [0, 0.1) is 0 Å². The van der Waals surface area contributed by atoms with E-state index in [1.165, 1.54) is 0 Å². The van der Waals surface area contributed by atoms with Gasteiger partial charge in [-0.1, -0.05) is 0 Å². The van der Waals surface area contributed by atoms with Crippen molar-refractivity contribution in [2.75, 3.05) is 39.3 Å². The van der Waals surface area contributed by atoms with E-state index in [0.29, 0.717) is 5.56 Å². The number of nitrogens with zero attached hydrogens (tertiary/aromatic N) is 3. The summed E-state index contributed by atoms with van der Waals surface area (Å²) in [5.41, 5.74) is 6.16. The van der Waals surface area contributed by atoms with Crippen LogP contribution in [0.1, 0.15) is 29.6 Å². The predicted octanol–water partition coefficient (Wildman–Crippen LogP) is 0.297. The van der Waals surface area contributed by atoms with Crippen LogP contribution in [0.4, 0.5) is 0 Å². The van der Waals surface area contributed by atoms with E-state index in [9.17, 15) is 4.79 Å². The molecule has 6 heteroatoms. The number of nitrogens with one attached hydrogen (secondary N) is 1. The number of aromatic amines is 1. The molecule has 3 N–H and O–H groups in total. The van der Waals surface area contributed by atoms with E-state index in [2.05, 4.69) is 15.1 Å². The zero-order valence-electron chi connectivity index (χ0n) is 11.3. The molecule has 0 spiro atoms. The Hall–Kier alpha value is -1.40. The topological polar surface area (TPSA) is 78.2 Å². The van der Waals surface area contributed by atoms with E-state index in [4.69, 9.17) is 5.73 Å². The summed E-state index contributed by atoms with van der Waals surface area (Å²) in [6.45, 7) is 5.50. The van der Waals surface area contributed by atoms with Gasteiger partial charge >= 0.3 is 0 Å². The van der Waals surface area contributed by atoms with Crippen molar-refractivity contribution in [3.05, 3.63) is 18.0 Å². The molecule has 1 aromatic rings. The van der Waals surface area contributed by atoms with E-state index in [-0.39, 0.29) is 5.91 Å². The minimum absolute atomic E-state index is 0.0811. The predicted molar refractivity (Wildman–Crippen MR) is 73.8 cm³/mol. The van der Waals surface area contributed by atoms with Gasteiger partial charge in [-0.2, -0.15) is 5.10 Å². The van der Waals surface area contributed by atoms with E-state index < -0.39 is 0 Å². The SMILES string of the molecule is NCCCCN1CCCN(C(=O)c2cn[nH]c2)CC1. The van der Waals surface area contributed by atoms with Crippen LogP contribution in [0.5, 0.6) is 0 Å². The number of hydrogen-bond donors (Lipinski definition) is 2. The van der Waals surface area contributed by atoms with Crippen molar-refractivity contribution < 1.29 is 4.79 Å². The monoisotopic (exact) mass is 265 g/mol.